The number of rotatable bonds is 5. The summed E-state index contributed by atoms with van der Waals surface area (Å²) in [6, 6.07) is 5.26. The molecule has 1 saturated carbocycles. The Balaban J connectivity index is 1.95. The van der Waals surface area contributed by atoms with Crippen LogP contribution in [0.3, 0.4) is 0 Å². The van der Waals surface area contributed by atoms with Gasteiger partial charge in [0.1, 0.15) is 5.82 Å². The molecular formula is C16H25FN2. The number of hydrogen-bond acceptors (Lipinski definition) is 2. The molecule has 1 aromatic rings. The standard InChI is InChI=1S/C16H25FN2/c1-12-7-8-15(17)10-14(12)11-16(19-18)9-13-5-3-2-4-6-13/h7-8,10,13,16,19H,2-6,9,11,18H2,1H3. The highest BCUT2D eigenvalue weighted by atomic mass is 19.1. The predicted molar refractivity (Wildman–Crippen MR) is 77.1 cm³/mol. The van der Waals surface area contributed by atoms with E-state index in [0.29, 0.717) is 0 Å². The van der Waals surface area contributed by atoms with Gasteiger partial charge in [0.15, 0.2) is 0 Å². The summed E-state index contributed by atoms with van der Waals surface area (Å²) in [7, 11) is 0. The number of nitrogens with one attached hydrogen (secondary N) is 1. The Kier molecular flexibility index (Phi) is 5.34. The van der Waals surface area contributed by atoms with Crippen molar-refractivity contribution in [1.29, 1.82) is 0 Å². The number of hydrazine groups is 1. The number of benzene rings is 1. The maximum absolute atomic E-state index is 13.3. The zero-order valence-electron chi connectivity index (χ0n) is 11.8. The lowest BCUT2D eigenvalue weighted by Crippen LogP contribution is -2.38. The van der Waals surface area contributed by atoms with Crippen LogP contribution in [0.1, 0.15) is 49.7 Å². The third-order valence-corrected chi connectivity index (χ3v) is 4.36. The summed E-state index contributed by atoms with van der Waals surface area (Å²) in [5.41, 5.74) is 5.13. The number of hydrogen-bond donors (Lipinski definition) is 2. The minimum atomic E-state index is -0.158. The molecule has 1 aromatic carbocycles. The van der Waals surface area contributed by atoms with Crippen molar-refractivity contribution in [3.05, 3.63) is 35.1 Å². The molecule has 19 heavy (non-hydrogen) atoms. The molecule has 3 heteroatoms. The minimum absolute atomic E-state index is 0.158. The quantitative estimate of drug-likeness (QED) is 0.631. The molecule has 1 fully saturated rings. The Morgan fingerprint density at radius 3 is 2.74 bits per heavy atom. The van der Waals surface area contributed by atoms with Crippen LogP contribution in [0, 0.1) is 18.7 Å². The summed E-state index contributed by atoms with van der Waals surface area (Å²) in [4.78, 5) is 0. The van der Waals surface area contributed by atoms with E-state index in [1.54, 1.807) is 6.07 Å². The van der Waals surface area contributed by atoms with Gasteiger partial charge in [-0.2, -0.15) is 0 Å². The lowest BCUT2D eigenvalue weighted by molar-refractivity contribution is 0.297. The van der Waals surface area contributed by atoms with Gasteiger partial charge in [-0.05, 0) is 48.9 Å². The van der Waals surface area contributed by atoms with Crippen LogP contribution in [0.2, 0.25) is 0 Å². The van der Waals surface area contributed by atoms with Crippen molar-refractivity contribution in [3.8, 4) is 0 Å². The lowest BCUT2D eigenvalue weighted by Gasteiger charge is -2.26. The van der Waals surface area contributed by atoms with Gasteiger partial charge in [0.05, 0.1) is 0 Å². The van der Waals surface area contributed by atoms with Crippen molar-refractivity contribution in [2.45, 2.75) is 57.9 Å². The van der Waals surface area contributed by atoms with Crippen LogP contribution >= 0.6 is 0 Å². The Bertz CT molecular complexity index is 400. The topological polar surface area (TPSA) is 38.0 Å². The summed E-state index contributed by atoms with van der Waals surface area (Å²) in [6.07, 6.45) is 8.63. The maximum atomic E-state index is 13.3. The van der Waals surface area contributed by atoms with Gasteiger partial charge in [-0.3, -0.25) is 11.3 Å². The Hall–Kier alpha value is -0.930. The summed E-state index contributed by atoms with van der Waals surface area (Å²) in [5.74, 6) is 6.31. The van der Waals surface area contributed by atoms with Crippen LogP contribution in [0.15, 0.2) is 18.2 Å². The van der Waals surface area contributed by atoms with Gasteiger partial charge in [0.25, 0.3) is 0 Å². The van der Waals surface area contributed by atoms with E-state index in [2.05, 4.69) is 5.43 Å². The fourth-order valence-corrected chi connectivity index (χ4v) is 3.16. The van der Waals surface area contributed by atoms with Crippen molar-refractivity contribution in [1.82, 2.24) is 5.43 Å². The fraction of sp³-hybridized carbons (Fsp3) is 0.625. The molecule has 0 amide bonds. The summed E-state index contributed by atoms with van der Waals surface area (Å²) >= 11 is 0. The highest BCUT2D eigenvalue weighted by Gasteiger charge is 2.19. The molecule has 2 rings (SSSR count). The van der Waals surface area contributed by atoms with Gasteiger partial charge >= 0.3 is 0 Å². The molecule has 1 unspecified atom stereocenters. The Morgan fingerprint density at radius 2 is 2.05 bits per heavy atom. The number of halogens is 1. The molecule has 0 radical (unpaired) electrons. The first kappa shape index (κ1) is 14.5. The van der Waals surface area contributed by atoms with E-state index >= 15 is 0 Å². The van der Waals surface area contributed by atoms with Crippen LogP contribution in [-0.4, -0.2) is 6.04 Å². The number of nitrogens with two attached hydrogens (primary N) is 1. The zero-order chi connectivity index (χ0) is 13.7. The van der Waals surface area contributed by atoms with E-state index in [1.807, 2.05) is 13.0 Å². The monoisotopic (exact) mass is 264 g/mol. The molecule has 0 saturated heterocycles. The first-order valence-corrected chi connectivity index (χ1v) is 7.40. The molecule has 0 spiro atoms. The van der Waals surface area contributed by atoms with E-state index in [1.165, 1.54) is 38.2 Å². The van der Waals surface area contributed by atoms with Gasteiger partial charge in [-0.25, -0.2) is 4.39 Å². The molecule has 0 aliphatic heterocycles. The molecule has 0 bridgehead atoms. The molecular weight excluding hydrogens is 239 g/mol. The molecule has 1 aliphatic carbocycles. The van der Waals surface area contributed by atoms with Crippen LogP contribution in [0.5, 0.6) is 0 Å². The van der Waals surface area contributed by atoms with E-state index in [4.69, 9.17) is 5.84 Å². The second-order valence-electron chi connectivity index (χ2n) is 5.88. The van der Waals surface area contributed by atoms with Crippen molar-refractivity contribution in [2.24, 2.45) is 11.8 Å². The first-order chi connectivity index (χ1) is 9.19. The van der Waals surface area contributed by atoms with Gasteiger partial charge in [-0.1, -0.05) is 38.2 Å². The molecule has 106 valence electrons. The average Bonchev–Trinajstić information content (AvgIpc) is 2.43. The van der Waals surface area contributed by atoms with Crippen LogP contribution in [0.4, 0.5) is 4.39 Å². The second kappa shape index (κ2) is 7.01. The van der Waals surface area contributed by atoms with Gasteiger partial charge < -0.3 is 0 Å². The largest absolute Gasteiger partial charge is 0.271 e. The third-order valence-electron chi connectivity index (χ3n) is 4.36. The fourth-order valence-electron chi connectivity index (χ4n) is 3.16. The Labute approximate surface area is 115 Å². The highest BCUT2D eigenvalue weighted by Crippen LogP contribution is 2.28. The van der Waals surface area contributed by atoms with Crippen LogP contribution < -0.4 is 11.3 Å². The van der Waals surface area contributed by atoms with E-state index in [-0.39, 0.29) is 11.9 Å². The van der Waals surface area contributed by atoms with E-state index in [9.17, 15) is 4.39 Å². The molecule has 1 aliphatic rings. The maximum Gasteiger partial charge on any atom is 0.123 e. The van der Waals surface area contributed by atoms with Crippen LogP contribution in [-0.2, 0) is 6.42 Å². The Morgan fingerprint density at radius 1 is 1.32 bits per heavy atom. The second-order valence-corrected chi connectivity index (χ2v) is 5.88. The molecule has 2 nitrogen and oxygen atoms in total. The summed E-state index contributed by atoms with van der Waals surface area (Å²) in [6.45, 7) is 2.03. The smallest absolute Gasteiger partial charge is 0.123 e. The van der Waals surface area contributed by atoms with Crippen molar-refractivity contribution in [3.63, 3.8) is 0 Å². The van der Waals surface area contributed by atoms with E-state index < -0.39 is 0 Å². The number of aryl methyl sites for hydroxylation is 1. The van der Waals surface area contributed by atoms with Gasteiger partial charge in [-0.15, -0.1) is 0 Å². The highest BCUT2D eigenvalue weighted by molar-refractivity contribution is 5.27. The van der Waals surface area contributed by atoms with E-state index in [0.717, 1.165) is 29.9 Å². The average molecular weight is 264 g/mol. The molecule has 0 aromatic heterocycles. The normalized spacial score (nSPS) is 18.5. The van der Waals surface area contributed by atoms with Crippen LogP contribution in [0.25, 0.3) is 0 Å². The summed E-state index contributed by atoms with van der Waals surface area (Å²) in [5, 5.41) is 0. The zero-order valence-corrected chi connectivity index (χ0v) is 11.8. The van der Waals surface area contributed by atoms with Gasteiger partial charge in [0, 0.05) is 6.04 Å². The molecule has 1 atom stereocenters. The minimum Gasteiger partial charge on any atom is -0.271 e. The first-order valence-electron chi connectivity index (χ1n) is 7.40. The van der Waals surface area contributed by atoms with Crippen molar-refractivity contribution < 1.29 is 4.39 Å². The molecule has 0 heterocycles. The van der Waals surface area contributed by atoms with Crippen molar-refractivity contribution >= 4 is 0 Å². The summed E-state index contributed by atoms with van der Waals surface area (Å²) < 4.78 is 13.3. The van der Waals surface area contributed by atoms with Crippen molar-refractivity contribution in [2.75, 3.05) is 0 Å². The molecule has 3 N–H and O–H groups in total. The lowest BCUT2D eigenvalue weighted by atomic mass is 9.83. The predicted octanol–water partition coefficient (Wildman–Crippen LogP) is 3.48. The third kappa shape index (κ3) is 4.29. The SMILES string of the molecule is Cc1ccc(F)cc1CC(CC1CCCCC1)NN. The van der Waals surface area contributed by atoms with Gasteiger partial charge in [0.2, 0.25) is 0 Å².